The van der Waals surface area contributed by atoms with Gasteiger partial charge >= 0.3 is 0 Å². The van der Waals surface area contributed by atoms with E-state index >= 15 is 0 Å². The molecule has 3 heterocycles. The van der Waals surface area contributed by atoms with E-state index in [0.29, 0.717) is 5.95 Å². The molecule has 0 atom stereocenters. The van der Waals surface area contributed by atoms with Crippen LogP contribution in [0.5, 0.6) is 0 Å². The molecule has 2 N–H and O–H groups in total. The van der Waals surface area contributed by atoms with Crippen molar-refractivity contribution in [1.82, 2.24) is 29.5 Å². The van der Waals surface area contributed by atoms with Crippen molar-refractivity contribution in [2.45, 2.75) is 23.2 Å². The molecule has 0 aromatic carbocycles. The monoisotopic (exact) mass is 293 g/mol. The number of H-pyrrole nitrogens is 1. The Balaban J connectivity index is 2.02. The molecule has 0 saturated heterocycles. The number of fused-ring (bicyclic) bond motifs is 1. The number of nitrogens with one attached hydrogen (secondary N) is 2. The Labute approximate surface area is 117 Å². The van der Waals surface area contributed by atoms with E-state index in [-0.39, 0.29) is 0 Å². The number of nitrogens with zero attached hydrogens (tertiary/aromatic N) is 5. The van der Waals surface area contributed by atoms with E-state index in [0.717, 1.165) is 32.8 Å². The smallest absolute Gasteiger partial charge is 0.225 e. The molecule has 9 heteroatoms. The van der Waals surface area contributed by atoms with Gasteiger partial charge in [-0.25, -0.2) is 9.97 Å². The van der Waals surface area contributed by atoms with Gasteiger partial charge in [0.2, 0.25) is 5.95 Å². The molecular weight excluding hydrogens is 282 g/mol. The second-order valence-electron chi connectivity index (χ2n) is 3.72. The van der Waals surface area contributed by atoms with Gasteiger partial charge in [-0.2, -0.15) is 14.5 Å². The number of hydrogen-bond acceptors (Lipinski definition) is 8. The third kappa shape index (κ3) is 2.51. The average molecular weight is 293 g/mol. The molecule has 98 valence electrons. The SMILES string of the molecule is CCNc1nc(Sc2nc(C)ns2)c2cn[nH]c2n1. The number of aryl methyl sites for hydroxylation is 1. The molecule has 0 aliphatic heterocycles. The summed E-state index contributed by atoms with van der Waals surface area (Å²) in [6, 6.07) is 0. The molecule has 0 fully saturated rings. The number of aromatic amines is 1. The molecule has 0 aliphatic rings. The standard InChI is InChI=1S/C10H11N7S2/c1-3-11-9-14-7-6(4-12-16-7)8(15-9)18-10-13-5(2)17-19-10/h4H,3H2,1-2H3,(H2,11,12,14,15,16). The topological polar surface area (TPSA) is 92.3 Å². The molecule has 3 aromatic rings. The van der Waals surface area contributed by atoms with Crippen LogP contribution in [0.15, 0.2) is 15.6 Å². The zero-order chi connectivity index (χ0) is 13.2. The van der Waals surface area contributed by atoms with Crippen LogP contribution in [-0.4, -0.2) is 36.1 Å². The zero-order valence-electron chi connectivity index (χ0n) is 10.3. The van der Waals surface area contributed by atoms with Gasteiger partial charge < -0.3 is 5.32 Å². The van der Waals surface area contributed by atoms with Crippen LogP contribution in [0.4, 0.5) is 5.95 Å². The Morgan fingerprint density at radius 3 is 3.00 bits per heavy atom. The zero-order valence-corrected chi connectivity index (χ0v) is 12.0. The van der Waals surface area contributed by atoms with Crippen LogP contribution in [0.2, 0.25) is 0 Å². The average Bonchev–Trinajstić information content (AvgIpc) is 2.99. The summed E-state index contributed by atoms with van der Waals surface area (Å²) in [7, 11) is 0. The first-order valence-corrected chi connectivity index (χ1v) is 7.28. The Morgan fingerprint density at radius 1 is 1.37 bits per heavy atom. The van der Waals surface area contributed by atoms with Crippen molar-refractivity contribution in [2.75, 3.05) is 11.9 Å². The summed E-state index contributed by atoms with van der Waals surface area (Å²) in [5, 5.41) is 11.7. The van der Waals surface area contributed by atoms with Crippen molar-refractivity contribution in [3.63, 3.8) is 0 Å². The molecule has 0 amide bonds. The highest BCUT2D eigenvalue weighted by Crippen LogP contribution is 2.32. The molecule has 19 heavy (non-hydrogen) atoms. The summed E-state index contributed by atoms with van der Waals surface area (Å²) in [4.78, 5) is 13.2. The van der Waals surface area contributed by atoms with E-state index in [4.69, 9.17) is 0 Å². The van der Waals surface area contributed by atoms with Crippen LogP contribution in [0.3, 0.4) is 0 Å². The molecule has 7 nitrogen and oxygen atoms in total. The number of aromatic nitrogens is 6. The van der Waals surface area contributed by atoms with Crippen molar-refractivity contribution in [3.05, 3.63) is 12.0 Å². The fourth-order valence-electron chi connectivity index (χ4n) is 1.53. The minimum atomic E-state index is 0.586. The van der Waals surface area contributed by atoms with E-state index < -0.39 is 0 Å². The van der Waals surface area contributed by atoms with Crippen LogP contribution in [-0.2, 0) is 0 Å². The lowest BCUT2D eigenvalue weighted by atomic mass is 10.4. The minimum absolute atomic E-state index is 0.586. The van der Waals surface area contributed by atoms with E-state index in [1.807, 2.05) is 13.8 Å². The van der Waals surface area contributed by atoms with Crippen molar-refractivity contribution in [2.24, 2.45) is 0 Å². The maximum absolute atomic E-state index is 4.49. The normalized spacial score (nSPS) is 11.1. The lowest BCUT2D eigenvalue weighted by Gasteiger charge is -2.04. The summed E-state index contributed by atoms with van der Waals surface area (Å²) in [5.41, 5.74) is 0.717. The first kappa shape index (κ1) is 12.3. The molecule has 3 rings (SSSR count). The van der Waals surface area contributed by atoms with Crippen molar-refractivity contribution >= 4 is 40.3 Å². The van der Waals surface area contributed by atoms with Crippen LogP contribution in [0, 0.1) is 6.92 Å². The highest BCUT2D eigenvalue weighted by molar-refractivity contribution is 8.01. The number of hydrogen-bond donors (Lipinski definition) is 2. The molecule has 0 spiro atoms. The van der Waals surface area contributed by atoms with Gasteiger partial charge in [0.05, 0.1) is 11.6 Å². The van der Waals surface area contributed by atoms with Gasteiger partial charge in [0.25, 0.3) is 0 Å². The largest absolute Gasteiger partial charge is 0.354 e. The van der Waals surface area contributed by atoms with Crippen molar-refractivity contribution in [3.8, 4) is 0 Å². The van der Waals surface area contributed by atoms with Gasteiger partial charge in [0.15, 0.2) is 9.99 Å². The summed E-state index contributed by atoms with van der Waals surface area (Å²) in [6.07, 6.45) is 1.72. The molecule has 0 radical (unpaired) electrons. The van der Waals surface area contributed by atoms with Gasteiger partial charge in [-0.05, 0) is 37.1 Å². The fraction of sp³-hybridized carbons (Fsp3) is 0.300. The number of rotatable bonds is 4. The maximum atomic E-state index is 4.49. The molecule has 0 saturated carbocycles. The molecule has 0 bridgehead atoms. The van der Waals surface area contributed by atoms with Gasteiger partial charge in [-0.15, -0.1) is 0 Å². The lowest BCUT2D eigenvalue weighted by molar-refractivity contribution is 1.03. The van der Waals surface area contributed by atoms with Crippen LogP contribution in [0.25, 0.3) is 11.0 Å². The van der Waals surface area contributed by atoms with Gasteiger partial charge in [0, 0.05) is 6.54 Å². The Bertz CT molecular complexity index is 705. The summed E-state index contributed by atoms with van der Waals surface area (Å²) in [6.45, 7) is 4.64. The van der Waals surface area contributed by atoms with Gasteiger partial charge in [-0.3, -0.25) is 5.10 Å². The Kier molecular flexibility index (Phi) is 3.30. The molecule has 0 unspecified atom stereocenters. The molecule has 3 aromatic heterocycles. The van der Waals surface area contributed by atoms with E-state index in [9.17, 15) is 0 Å². The van der Waals surface area contributed by atoms with Crippen LogP contribution in [0.1, 0.15) is 12.7 Å². The van der Waals surface area contributed by atoms with E-state index in [1.165, 1.54) is 23.3 Å². The first-order chi connectivity index (χ1) is 9.26. The number of anilines is 1. The summed E-state index contributed by atoms with van der Waals surface area (Å²) < 4.78 is 5.03. The molecule has 0 aliphatic carbocycles. The van der Waals surface area contributed by atoms with Crippen LogP contribution < -0.4 is 5.32 Å². The summed E-state index contributed by atoms with van der Waals surface area (Å²) in [5.74, 6) is 1.36. The third-order valence-electron chi connectivity index (χ3n) is 2.30. The minimum Gasteiger partial charge on any atom is -0.354 e. The predicted octanol–water partition coefficient (Wildman–Crippen LogP) is 2.10. The van der Waals surface area contributed by atoms with E-state index in [1.54, 1.807) is 6.20 Å². The quantitative estimate of drug-likeness (QED) is 0.711. The summed E-state index contributed by atoms with van der Waals surface area (Å²) >= 11 is 2.84. The third-order valence-corrected chi connectivity index (χ3v) is 4.15. The van der Waals surface area contributed by atoms with Gasteiger partial charge in [0.1, 0.15) is 10.9 Å². The second-order valence-corrected chi connectivity index (χ2v) is 5.71. The maximum Gasteiger partial charge on any atom is 0.225 e. The Morgan fingerprint density at radius 2 is 2.26 bits per heavy atom. The second kappa shape index (κ2) is 5.10. The van der Waals surface area contributed by atoms with Crippen molar-refractivity contribution in [1.29, 1.82) is 0 Å². The fourth-order valence-corrected chi connectivity index (χ4v) is 3.18. The van der Waals surface area contributed by atoms with Gasteiger partial charge in [-0.1, -0.05) is 0 Å². The predicted molar refractivity (Wildman–Crippen MR) is 74.6 cm³/mol. The lowest BCUT2D eigenvalue weighted by Crippen LogP contribution is -2.02. The van der Waals surface area contributed by atoms with Crippen LogP contribution >= 0.6 is 23.3 Å². The highest BCUT2D eigenvalue weighted by Gasteiger charge is 2.12. The Hall–Kier alpha value is -1.74. The highest BCUT2D eigenvalue weighted by atomic mass is 32.2. The first-order valence-electron chi connectivity index (χ1n) is 5.69. The molecular formula is C10H11N7S2. The van der Waals surface area contributed by atoms with Crippen molar-refractivity contribution < 1.29 is 0 Å². The van der Waals surface area contributed by atoms with E-state index in [2.05, 4.69) is 34.8 Å².